The first-order valence-corrected chi connectivity index (χ1v) is 5.29. The number of tetrazole rings is 1. The highest BCUT2D eigenvalue weighted by Gasteiger charge is 2.40. The Morgan fingerprint density at radius 3 is 2.85 bits per heavy atom. The van der Waals surface area contributed by atoms with Gasteiger partial charge in [0.15, 0.2) is 0 Å². The van der Waals surface area contributed by atoms with Crippen LogP contribution in [0.4, 0.5) is 0 Å². The molecule has 2 aliphatic rings. The summed E-state index contributed by atoms with van der Waals surface area (Å²) in [5.74, 6) is 0.737. The molecule has 2 bridgehead atoms. The summed E-state index contributed by atoms with van der Waals surface area (Å²) in [5, 5.41) is 12.0. The second-order valence-corrected chi connectivity index (χ2v) is 4.46. The smallest absolute Gasteiger partial charge is 0.239 e. The molecule has 0 saturated carbocycles. The van der Waals surface area contributed by atoms with Crippen molar-refractivity contribution in [1.29, 1.82) is 0 Å². The SMILES string of the molecule is Brc1nnn(C2CN3CCC2C3)n1. The van der Waals surface area contributed by atoms with E-state index < -0.39 is 0 Å². The maximum atomic E-state index is 4.20. The monoisotopic (exact) mass is 243 g/mol. The van der Waals surface area contributed by atoms with E-state index in [2.05, 4.69) is 36.2 Å². The fourth-order valence-electron chi connectivity index (χ4n) is 2.37. The fourth-order valence-corrected chi connectivity index (χ4v) is 2.60. The van der Waals surface area contributed by atoms with Crippen LogP contribution in [0.1, 0.15) is 12.5 Å². The minimum absolute atomic E-state index is 0.451. The van der Waals surface area contributed by atoms with Crippen LogP contribution in [0, 0.1) is 5.92 Å². The van der Waals surface area contributed by atoms with Crippen LogP contribution < -0.4 is 0 Å². The Labute approximate surface area is 84.2 Å². The predicted molar refractivity (Wildman–Crippen MR) is 49.1 cm³/mol. The van der Waals surface area contributed by atoms with Crippen molar-refractivity contribution in [1.82, 2.24) is 25.1 Å². The van der Waals surface area contributed by atoms with Crippen molar-refractivity contribution >= 4 is 15.9 Å². The van der Waals surface area contributed by atoms with Gasteiger partial charge in [0.1, 0.15) is 0 Å². The van der Waals surface area contributed by atoms with Crippen LogP contribution in [0.5, 0.6) is 0 Å². The third-order valence-electron chi connectivity index (χ3n) is 3.00. The molecular weight excluding hydrogens is 234 g/mol. The summed E-state index contributed by atoms with van der Waals surface area (Å²) < 4.78 is 0.588. The number of hydrogen-bond donors (Lipinski definition) is 0. The Kier molecular flexibility index (Phi) is 1.66. The van der Waals surface area contributed by atoms with Crippen molar-refractivity contribution in [3.63, 3.8) is 0 Å². The minimum Gasteiger partial charge on any atom is -0.301 e. The molecule has 0 aliphatic carbocycles. The molecule has 1 aromatic rings. The highest BCUT2D eigenvalue weighted by atomic mass is 79.9. The fraction of sp³-hybridized carbons (Fsp3) is 0.857. The standard InChI is InChI=1S/C7H10BrN5/c8-7-9-11-13(10-7)6-4-12-2-1-5(6)3-12/h5-6H,1-4H2. The lowest BCUT2D eigenvalue weighted by molar-refractivity contribution is 0.263. The molecule has 3 atom stereocenters. The van der Waals surface area contributed by atoms with Crippen molar-refractivity contribution in [2.24, 2.45) is 5.92 Å². The molecule has 3 rings (SSSR count). The number of nitrogens with zero attached hydrogens (tertiary/aromatic N) is 5. The van der Waals surface area contributed by atoms with E-state index in [1.165, 1.54) is 19.5 Å². The minimum atomic E-state index is 0.451. The van der Waals surface area contributed by atoms with E-state index in [0.717, 1.165) is 12.5 Å². The van der Waals surface area contributed by atoms with E-state index in [1.54, 1.807) is 4.80 Å². The number of rotatable bonds is 1. The lowest BCUT2D eigenvalue weighted by Gasteiger charge is -2.20. The summed E-state index contributed by atoms with van der Waals surface area (Å²) in [6.07, 6.45) is 1.28. The van der Waals surface area contributed by atoms with E-state index in [0.29, 0.717) is 10.8 Å². The Morgan fingerprint density at radius 2 is 2.31 bits per heavy atom. The van der Waals surface area contributed by atoms with Crippen LogP contribution in [-0.4, -0.2) is 44.7 Å². The van der Waals surface area contributed by atoms with Gasteiger partial charge in [0.05, 0.1) is 6.04 Å². The summed E-state index contributed by atoms with van der Waals surface area (Å²) in [7, 11) is 0. The maximum absolute atomic E-state index is 4.20. The van der Waals surface area contributed by atoms with Crippen molar-refractivity contribution in [3.05, 3.63) is 4.73 Å². The number of hydrogen-bond acceptors (Lipinski definition) is 4. The van der Waals surface area contributed by atoms with E-state index in [4.69, 9.17) is 0 Å². The lowest BCUT2D eigenvalue weighted by Crippen LogP contribution is -2.27. The summed E-state index contributed by atoms with van der Waals surface area (Å²) in [5.41, 5.74) is 0. The molecule has 13 heavy (non-hydrogen) atoms. The zero-order valence-electron chi connectivity index (χ0n) is 7.10. The Bertz CT molecular complexity index is 324. The first-order chi connectivity index (χ1) is 6.33. The van der Waals surface area contributed by atoms with Gasteiger partial charge in [0, 0.05) is 13.1 Å². The zero-order chi connectivity index (χ0) is 8.84. The Balaban J connectivity index is 1.87. The third-order valence-corrected chi connectivity index (χ3v) is 3.32. The first-order valence-electron chi connectivity index (χ1n) is 4.50. The molecule has 0 amide bonds. The van der Waals surface area contributed by atoms with E-state index >= 15 is 0 Å². The second-order valence-electron chi connectivity index (χ2n) is 3.75. The van der Waals surface area contributed by atoms with Crippen LogP contribution in [-0.2, 0) is 0 Å². The molecule has 0 radical (unpaired) electrons. The summed E-state index contributed by atoms with van der Waals surface area (Å²) in [4.78, 5) is 4.22. The summed E-state index contributed by atoms with van der Waals surface area (Å²) in [6, 6.07) is 0.451. The number of aromatic nitrogens is 4. The molecular formula is C7H10BrN5. The Hall–Kier alpha value is -0.490. The summed E-state index contributed by atoms with van der Waals surface area (Å²) >= 11 is 3.21. The highest BCUT2D eigenvalue weighted by molar-refractivity contribution is 9.10. The van der Waals surface area contributed by atoms with Gasteiger partial charge in [-0.15, -0.1) is 10.2 Å². The van der Waals surface area contributed by atoms with Gasteiger partial charge in [-0.05, 0) is 40.0 Å². The molecule has 0 N–H and O–H groups in total. The van der Waals surface area contributed by atoms with E-state index in [-0.39, 0.29) is 0 Å². The number of fused-ring (bicyclic) bond motifs is 2. The van der Waals surface area contributed by atoms with Gasteiger partial charge in [-0.25, -0.2) is 0 Å². The molecule has 2 aliphatic heterocycles. The van der Waals surface area contributed by atoms with Crippen LogP contribution >= 0.6 is 15.9 Å². The molecule has 2 fully saturated rings. The van der Waals surface area contributed by atoms with Gasteiger partial charge in [-0.2, -0.15) is 4.80 Å². The van der Waals surface area contributed by atoms with Gasteiger partial charge >= 0.3 is 0 Å². The molecule has 0 aromatic carbocycles. The van der Waals surface area contributed by atoms with E-state index in [1.807, 2.05) is 0 Å². The van der Waals surface area contributed by atoms with Crippen molar-refractivity contribution in [2.75, 3.05) is 19.6 Å². The molecule has 6 heteroatoms. The van der Waals surface area contributed by atoms with Crippen molar-refractivity contribution in [3.8, 4) is 0 Å². The molecule has 3 heterocycles. The number of piperidine rings is 1. The second kappa shape index (κ2) is 2.75. The van der Waals surface area contributed by atoms with Gasteiger partial charge in [-0.1, -0.05) is 0 Å². The van der Waals surface area contributed by atoms with Gasteiger partial charge in [-0.3, -0.25) is 0 Å². The van der Waals surface area contributed by atoms with Crippen LogP contribution in [0.2, 0.25) is 0 Å². The normalized spacial score (nSPS) is 37.2. The van der Waals surface area contributed by atoms with Crippen molar-refractivity contribution in [2.45, 2.75) is 12.5 Å². The molecule has 3 unspecified atom stereocenters. The van der Waals surface area contributed by atoms with Gasteiger partial charge in [0.2, 0.25) is 4.73 Å². The molecule has 1 aromatic heterocycles. The topological polar surface area (TPSA) is 46.8 Å². The zero-order valence-corrected chi connectivity index (χ0v) is 8.68. The van der Waals surface area contributed by atoms with Gasteiger partial charge in [0.25, 0.3) is 0 Å². The average molecular weight is 244 g/mol. The first kappa shape index (κ1) is 7.87. The molecule has 0 spiro atoms. The average Bonchev–Trinajstić information content (AvgIpc) is 2.77. The third kappa shape index (κ3) is 1.20. The van der Waals surface area contributed by atoms with Gasteiger partial charge < -0.3 is 4.90 Å². The van der Waals surface area contributed by atoms with E-state index in [9.17, 15) is 0 Å². The lowest BCUT2D eigenvalue weighted by atomic mass is 10.0. The Morgan fingerprint density at radius 1 is 1.38 bits per heavy atom. The molecule has 2 saturated heterocycles. The van der Waals surface area contributed by atoms with Crippen molar-refractivity contribution < 1.29 is 0 Å². The predicted octanol–water partition coefficient (Wildman–Crippen LogP) is 0.312. The largest absolute Gasteiger partial charge is 0.301 e. The number of halogens is 1. The molecule has 5 nitrogen and oxygen atoms in total. The highest BCUT2D eigenvalue weighted by Crippen LogP contribution is 2.35. The maximum Gasteiger partial charge on any atom is 0.239 e. The molecule has 70 valence electrons. The van der Waals surface area contributed by atoms with Crippen LogP contribution in [0.25, 0.3) is 0 Å². The van der Waals surface area contributed by atoms with Crippen LogP contribution in [0.15, 0.2) is 4.73 Å². The van der Waals surface area contributed by atoms with Crippen LogP contribution in [0.3, 0.4) is 0 Å². The quantitative estimate of drug-likeness (QED) is 0.713. The summed E-state index contributed by atoms with van der Waals surface area (Å²) in [6.45, 7) is 3.55.